The predicted octanol–water partition coefficient (Wildman–Crippen LogP) is 5.29. The number of fused-ring (bicyclic) bond motifs is 1. The van der Waals surface area contributed by atoms with Crippen LogP contribution < -0.4 is 5.32 Å². The molecule has 0 bridgehead atoms. The van der Waals surface area contributed by atoms with Crippen molar-refractivity contribution in [2.75, 3.05) is 13.6 Å². The summed E-state index contributed by atoms with van der Waals surface area (Å²) in [4.78, 5) is 33.7. The Morgan fingerprint density at radius 2 is 1.79 bits per heavy atom. The lowest BCUT2D eigenvalue weighted by Gasteiger charge is -2.30. The number of carbonyl (C=O) groups is 2. The molecule has 34 heavy (non-hydrogen) atoms. The second-order valence-corrected chi connectivity index (χ2v) is 9.80. The van der Waals surface area contributed by atoms with Crippen molar-refractivity contribution in [2.45, 2.75) is 33.2 Å². The number of likely N-dealkylation sites (N-methyl/N-ethyl adjacent to an activating group) is 1. The van der Waals surface area contributed by atoms with Crippen molar-refractivity contribution in [3.8, 4) is 11.1 Å². The molecule has 0 radical (unpaired) electrons. The molecule has 4 aromatic rings. The first-order valence-corrected chi connectivity index (χ1v) is 12.4. The smallest absolute Gasteiger partial charge is 0.270 e. The molecule has 0 aliphatic rings. The topological polar surface area (TPSA) is 66.7 Å². The number of hydrogen-bond donors (Lipinski definition) is 1. The molecule has 0 aliphatic heterocycles. The van der Waals surface area contributed by atoms with Crippen LogP contribution in [0.2, 0.25) is 0 Å². The van der Waals surface area contributed by atoms with Gasteiger partial charge in [-0.25, -0.2) is 4.98 Å². The molecule has 0 aliphatic carbocycles. The molecule has 0 spiro atoms. The van der Waals surface area contributed by atoms with Gasteiger partial charge in [0, 0.05) is 36.8 Å². The lowest BCUT2D eigenvalue weighted by atomic mass is 9.97. The Labute approximate surface area is 204 Å². The Bertz CT molecular complexity index is 1290. The fourth-order valence-electron chi connectivity index (χ4n) is 4.28. The average molecular weight is 475 g/mol. The summed E-state index contributed by atoms with van der Waals surface area (Å²) in [6.07, 6.45) is 2.63. The van der Waals surface area contributed by atoms with Crippen molar-refractivity contribution in [3.63, 3.8) is 0 Å². The van der Waals surface area contributed by atoms with E-state index in [1.54, 1.807) is 4.90 Å². The number of hydrogen-bond acceptors (Lipinski definition) is 4. The third-order valence-corrected chi connectivity index (χ3v) is 6.76. The third-order valence-electron chi connectivity index (χ3n) is 6.00. The zero-order chi connectivity index (χ0) is 24.2. The van der Waals surface area contributed by atoms with Crippen molar-refractivity contribution in [2.24, 2.45) is 5.92 Å². The van der Waals surface area contributed by atoms with Gasteiger partial charge in [-0.15, -0.1) is 11.3 Å². The van der Waals surface area contributed by atoms with E-state index in [-0.39, 0.29) is 17.9 Å². The molecule has 7 heteroatoms. The lowest BCUT2D eigenvalue weighted by Crippen LogP contribution is -2.45. The standard InChI is InChI=1S/C27H30N4O2S/c1-18(2)16-21(17-28-25(32)24-19(3)29-27-31(24)14-15-34-27)30(4)26(33)23-13-9-8-12-22(23)20-10-6-5-7-11-20/h5-15,18,21H,16-17H2,1-4H3,(H,28,32). The summed E-state index contributed by atoms with van der Waals surface area (Å²) in [5.41, 5.74) is 3.81. The van der Waals surface area contributed by atoms with Crippen LogP contribution in [0.15, 0.2) is 66.2 Å². The van der Waals surface area contributed by atoms with Gasteiger partial charge in [0.05, 0.1) is 5.69 Å². The number of nitrogens with zero attached hydrogens (tertiary/aromatic N) is 3. The number of rotatable bonds is 8. The molecule has 2 aromatic heterocycles. The first-order valence-electron chi connectivity index (χ1n) is 11.5. The summed E-state index contributed by atoms with van der Waals surface area (Å²) in [5.74, 6) is 0.129. The molecule has 1 N–H and O–H groups in total. The first kappa shape index (κ1) is 23.7. The number of carbonyl (C=O) groups excluding carboxylic acids is 2. The maximum Gasteiger partial charge on any atom is 0.270 e. The second-order valence-electron chi connectivity index (χ2n) is 8.92. The Morgan fingerprint density at radius 1 is 1.09 bits per heavy atom. The Hall–Kier alpha value is -3.45. The summed E-state index contributed by atoms with van der Waals surface area (Å²) in [6.45, 7) is 6.46. The van der Waals surface area contributed by atoms with Gasteiger partial charge in [-0.2, -0.15) is 0 Å². The second kappa shape index (κ2) is 10.2. The summed E-state index contributed by atoms with van der Waals surface area (Å²) in [6, 6.07) is 17.5. The summed E-state index contributed by atoms with van der Waals surface area (Å²) >= 11 is 1.50. The fourth-order valence-corrected chi connectivity index (χ4v) is 5.04. The molecular weight excluding hydrogens is 444 g/mol. The van der Waals surface area contributed by atoms with Crippen LogP contribution in [0.1, 0.15) is 46.8 Å². The van der Waals surface area contributed by atoms with Gasteiger partial charge in [-0.1, -0.05) is 62.4 Å². The SMILES string of the molecule is Cc1nc2sccn2c1C(=O)NCC(CC(C)C)N(C)C(=O)c1ccccc1-c1ccccc1. The largest absolute Gasteiger partial charge is 0.349 e. The zero-order valence-corrected chi connectivity index (χ0v) is 20.8. The number of amides is 2. The third kappa shape index (κ3) is 4.89. The van der Waals surface area contributed by atoms with Crippen LogP contribution in [0.25, 0.3) is 16.1 Å². The summed E-state index contributed by atoms with van der Waals surface area (Å²) in [5, 5.41) is 4.97. The highest BCUT2D eigenvalue weighted by molar-refractivity contribution is 7.15. The lowest BCUT2D eigenvalue weighted by molar-refractivity contribution is 0.0700. The Balaban J connectivity index is 1.55. The molecule has 2 amide bonds. The Morgan fingerprint density at radius 3 is 2.53 bits per heavy atom. The van der Waals surface area contributed by atoms with E-state index in [1.807, 2.05) is 84.5 Å². The summed E-state index contributed by atoms with van der Waals surface area (Å²) in [7, 11) is 1.82. The number of thiazole rings is 1. The normalized spacial score (nSPS) is 12.1. The predicted molar refractivity (Wildman–Crippen MR) is 137 cm³/mol. The van der Waals surface area contributed by atoms with E-state index in [9.17, 15) is 9.59 Å². The molecular formula is C27H30N4O2S. The minimum Gasteiger partial charge on any atom is -0.349 e. The van der Waals surface area contributed by atoms with E-state index in [2.05, 4.69) is 24.1 Å². The number of nitrogens with one attached hydrogen (secondary N) is 1. The van der Waals surface area contributed by atoms with Crippen molar-refractivity contribution < 1.29 is 9.59 Å². The van der Waals surface area contributed by atoms with Gasteiger partial charge in [-0.3, -0.25) is 14.0 Å². The maximum atomic E-state index is 13.6. The molecule has 0 saturated carbocycles. The van der Waals surface area contributed by atoms with Gasteiger partial charge in [-0.05, 0) is 36.5 Å². The minimum absolute atomic E-state index is 0.0555. The van der Waals surface area contributed by atoms with Gasteiger partial charge >= 0.3 is 0 Å². The van der Waals surface area contributed by atoms with Crippen LogP contribution in [-0.2, 0) is 0 Å². The molecule has 1 atom stereocenters. The van der Waals surface area contributed by atoms with E-state index < -0.39 is 0 Å². The number of aryl methyl sites for hydroxylation is 1. The minimum atomic E-state index is -0.178. The highest BCUT2D eigenvalue weighted by Gasteiger charge is 2.26. The zero-order valence-electron chi connectivity index (χ0n) is 20.0. The first-order chi connectivity index (χ1) is 16.4. The highest BCUT2D eigenvalue weighted by atomic mass is 32.1. The monoisotopic (exact) mass is 474 g/mol. The van der Waals surface area contributed by atoms with Gasteiger partial charge < -0.3 is 10.2 Å². The van der Waals surface area contributed by atoms with E-state index in [0.29, 0.717) is 29.4 Å². The molecule has 6 nitrogen and oxygen atoms in total. The van der Waals surface area contributed by atoms with E-state index >= 15 is 0 Å². The van der Waals surface area contributed by atoms with Crippen LogP contribution in [0.5, 0.6) is 0 Å². The molecule has 176 valence electrons. The van der Waals surface area contributed by atoms with Gasteiger partial charge in [0.1, 0.15) is 5.69 Å². The van der Waals surface area contributed by atoms with E-state index in [4.69, 9.17) is 0 Å². The highest BCUT2D eigenvalue weighted by Crippen LogP contribution is 2.25. The van der Waals surface area contributed by atoms with Gasteiger partial charge in [0.15, 0.2) is 4.96 Å². The molecule has 2 heterocycles. The van der Waals surface area contributed by atoms with Crippen LogP contribution in [0.4, 0.5) is 0 Å². The quantitative estimate of drug-likeness (QED) is 0.377. The molecule has 0 saturated heterocycles. The van der Waals surface area contributed by atoms with Gasteiger partial charge in [0.25, 0.3) is 11.8 Å². The molecule has 2 aromatic carbocycles. The van der Waals surface area contributed by atoms with E-state index in [1.165, 1.54) is 11.3 Å². The van der Waals surface area contributed by atoms with Crippen LogP contribution in [0.3, 0.4) is 0 Å². The summed E-state index contributed by atoms with van der Waals surface area (Å²) < 4.78 is 1.82. The van der Waals surface area contributed by atoms with Crippen LogP contribution in [0, 0.1) is 12.8 Å². The number of imidazole rings is 1. The molecule has 1 unspecified atom stereocenters. The fraction of sp³-hybridized carbons (Fsp3) is 0.296. The maximum absolute atomic E-state index is 13.6. The van der Waals surface area contributed by atoms with Crippen molar-refractivity contribution >= 4 is 28.1 Å². The van der Waals surface area contributed by atoms with Crippen molar-refractivity contribution in [1.29, 1.82) is 0 Å². The molecule has 4 rings (SSSR count). The molecule has 0 fully saturated rings. The van der Waals surface area contributed by atoms with Crippen LogP contribution >= 0.6 is 11.3 Å². The Kier molecular flexibility index (Phi) is 7.12. The van der Waals surface area contributed by atoms with Crippen molar-refractivity contribution in [3.05, 3.63) is 83.1 Å². The van der Waals surface area contributed by atoms with Crippen LogP contribution in [-0.4, -0.2) is 45.7 Å². The number of benzene rings is 2. The van der Waals surface area contributed by atoms with Gasteiger partial charge in [0.2, 0.25) is 0 Å². The van der Waals surface area contributed by atoms with E-state index in [0.717, 1.165) is 22.5 Å². The average Bonchev–Trinajstić information content (AvgIpc) is 3.41. The van der Waals surface area contributed by atoms with Crippen molar-refractivity contribution in [1.82, 2.24) is 19.6 Å². The number of aromatic nitrogens is 2.